The van der Waals surface area contributed by atoms with Gasteiger partial charge in [0.05, 0.1) is 24.3 Å². The van der Waals surface area contributed by atoms with Crippen molar-refractivity contribution in [2.45, 2.75) is 43.5 Å². The number of hydrogen-bond acceptors (Lipinski definition) is 5. The van der Waals surface area contributed by atoms with Crippen LogP contribution in [0.4, 0.5) is 4.79 Å². The zero-order valence-corrected chi connectivity index (χ0v) is 11.8. The number of urea groups is 1. The Morgan fingerprint density at radius 2 is 2.29 bits per heavy atom. The number of nitrogens with zero attached hydrogens (tertiary/aromatic N) is 1. The number of rotatable bonds is 4. The lowest BCUT2D eigenvalue weighted by Crippen LogP contribution is -2.51. The molecule has 7 nitrogen and oxygen atoms in total. The summed E-state index contributed by atoms with van der Waals surface area (Å²) in [6, 6.07) is 1.26. The molecule has 0 spiro atoms. The van der Waals surface area contributed by atoms with Crippen LogP contribution >= 0.6 is 0 Å². The third-order valence-electron chi connectivity index (χ3n) is 3.99. The van der Waals surface area contributed by atoms with Gasteiger partial charge in [-0.2, -0.15) is 5.26 Å². The molecule has 2 heterocycles. The van der Waals surface area contributed by atoms with E-state index in [0.29, 0.717) is 19.3 Å². The Labute approximate surface area is 123 Å². The zero-order valence-electron chi connectivity index (χ0n) is 11.8. The SMILES string of the molecule is C#CCNC(=O)NC(=O)C12CCC(C)(O1)C(OCC#N)C2. The minimum absolute atomic E-state index is 0.0403. The first kappa shape index (κ1) is 15.3. The summed E-state index contributed by atoms with van der Waals surface area (Å²) in [6.45, 7) is 1.85. The standard InChI is InChI=1S/C14H17N3O4/c1-3-7-16-12(19)17-11(18)14-5-4-13(2,21-14)10(9-14)20-8-6-15/h1,10H,4-5,7-9H2,2H3,(H2,16,17,18,19). The van der Waals surface area contributed by atoms with Crippen LogP contribution in [0, 0.1) is 23.7 Å². The van der Waals surface area contributed by atoms with Crippen molar-refractivity contribution < 1.29 is 19.1 Å². The quantitative estimate of drug-likeness (QED) is 0.714. The summed E-state index contributed by atoms with van der Waals surface area (Å²) in [4.78, 5) is 23.8. The van der Waals surface area contributed by atoms with Gasteiger partial charge in [0.15, 0.2) is 5.60 Å². The first-order valence-electron chi connectivity index (χ1n) is 6.67. The molecule has 2 N–H and O–H groups in total. The first-order chi connectivity index (χ1) is 9.96. The highest BCUT2D eigenvalue weighted by Crippen LogP contribution is 2.51. The Morgan fingerprint density at radius 1 is 1.52 bits per heavy atom. The number of hydrogen-bond donors (Lipinski definition) is 2. The number of nitrogens with one attached hydrogen (secondary N) is 2. The Kier molecular flexibility index (Phi) is 4.17. The van der Waals surface area contributed by atoms with E-state index in [1.54, 1.807) is 0 Å². The summed E-state index contributed by atoms with van der Waals surface area (Å²) < 4.78 is 11.3. The van der Waals surface area contributed by atoms with Crippen molar-refractivity contribution in [1.82, 2.24) is 10.6 Å². The molecule has 2 saturated heterocycles. The van der Waals surface area contributed by atoms with E-state index in [9.17, 15) is 9.59 Å². The number of carbonyl (C=O) groups excluding carboxylic acids is 2. The maximum Gasteiger partial charge on any atom is 0.322 e. The van der Waals surface area contributed by atoms with Crippen LogP contribution in [0.3, 0.4) is 0 Å². The van der Waals surface area contributed by atoms with E-state index >= 15 is 0 Å². The predicted molar refractivity (Wildman–Crippen MR) is 71.8 cm³/mol. The fourth-order valence-electron chi connectivity index (χ4n) is 2.90. The van der Waals surface area contributed by atoms with Crippen LogP contribution in [0.15, 0.2) is 0 Å². The second kappa shape index (κ2) is 5.72. The zero-order chi connectivity index (χ0) is 15.5. The summed E-state index contributed by atoms with van der Waals surface area (Å²) in [5, 5.41) is 13.2. The molecule has 0 aromatic rings. The summed E-state index contributed by atoms with van der Waals surface area (Å²) in [5.74, 6) is 1.75. The van der Waals surface area contributed by atoms with E-state index in [1.807, 2.05) is 13.0 Å². The maximum atomic E-state index is 12.3. The molecule has 2 bridgehead atoms. The van der Waals surface area contributed by atoms with Crippen molar-refractivity contribution in [3.63, 3.8) is 0 Å². The summed E-state index contributed by atoms with van der Waals surface area (Å²) in [5.41, 5.74) is -1.66. The Bertz CT molecular complexity index is 535. The van der Waals surface area contributed by atoms with Crippen molar-refractivity contribution in [3.05, 3.63) is 0 Å². The van der Waals surface area contributed by atoms with Gasteiger partial charge in [-0.25, -0.2) is 4.79 Å². The summed E-state index contributed by atoms with van der Waals surface area (Å²) in [7, 11) is 0. The molecule has 21 heavy (non-hydrogen) atoms. The number of fused-ring (bicyclic) bond motifs is 2. The Balaban J connectivity index is 2.00. The van der Waals surface area contributed by atoms with Gasteiger partial charge in [-0.05, 0) is 19.8 Å². The van der Waals surface area contributed by atoms with Crippen molar-refractivity contribution in [1.29, 1.82) is 5.26 Å². The normalized spacial score (nSPS) is 33.0. The molecule has 3 unspecified atom stereocenters. The fraction of sp³-hybridized carbons (Fsp3) is 0.643. The van der Waals surface area contributed by atoms with Crippen molar-refractivity contribution in [3.8, 4) is 18.4 Å². The smallest absolute Gasteiger partial charge is 0.322 e. The third kappa shape index (κ3) is 2.85. The van der Waals surface area contributed by atoms with Gasteiger partial charge in [0, 0.05) is 6.42 Å². The lowest BCUT2D eigenvalue weighted by Gasteiger charge is -2.28. The van der Waals surface area contributed by atoms with E-state index in [2.05, 4.69) is 16.6 Å². The highest BCUT2D eigenvalue weighted by Gasteiger charge is 2.63. The van der Waals surface area contributed by atoms with E-state index in [-0.39, 0.29) is 19.3 Å². The summed E-state index contributed by atoms with van der Waals surface area (Å²) >= 11 is 0. The molecule has 0 aromatic carbocycles. The van der Waals surface area contributed by atoms with Gasteiger partial charge in [0.2, 0.25) is 0 Å². The van der Waals surface area contributed by atoms with Crippen LogP contribution in [0.2, 0.25) is 0 Å². The van der Waals surface area contributed by atoms with Crippen LogP contribution in [0.25, 0.3) is 0 Å². The molecule has 0 aliphatic carbocycles. The number of terminal acetylenes is 1. The van der Waals surface area contributed by atoms with Crippen LogP contribution in [-0.4, -0.2) is 42.4 Å². The minimum atomic E-state index is -1.07. The number of nitriles is 1. The van der Waals surface area contributed by atoms with Crippen LogP contribution in [-0.2, 0) is 14.3 Å². The second-order valence-electron chi connectivity index (χ2n) is 5.41. The van der Waals surface area contributed by atoms with Gasteiger partial charge in [-0.15, -0.1) is 6.42 Å². The molecule has 3 atom stereocenters. The van der Waals surface area contributed by atoms with E-state index in [1.165, 1.54) is 0 Å². The molecule has 0 saturated carbocycles. The van der Waals surface area contributed by atoms with Gasteiger partial charge in [0.25, 0.3) is 5.91 Å². The topological polar surface area (TPSA) is 100 Å². The highest BCUT2D eigenvalue weighted by atomic mass is 16.6. The van der Waals surface area contributed by atoms with E-state index in [0.717, 1.165) is 0 Å². The van der Waals surface area contributed by atoms with Gasteiger partial charge < -0.3 is 14.8 Å². The van der Waals surface area contributed by atoms with Gasteiger partial charge >= 0.3 is 6.03 Å². The van der Waals surface area contributed by atoms with Crippen molar-refractivity contribution in [2.75, 3.05) is 13.2 Å². The molecule has 7 heteroatoms. The second-order valence-corrected chi connectivity index (χ2v) is 5.41. The number of amides is 3. The van der Waals surface area contributed by atoms with Crippen LogP contribution in [0.1, 0.15) is 26.2 Å². The Morgan fingerprint density at radius 3 is 2.95 bits per heavy atom. The van der Waals surface area contributed by atoms with Crippen LogP contribution in [0.5, 0.6) is 0 Å². The fourth-order valence-corrected chi connectivity index (χ4v) is 2.90. The highest BCUT2D eigenvalue weighted by molar-refractivity contribution is 5.99. The number of imide groups is 1. The minimum Gasteiger partial charge on any atom is -0.360 e. The molecule has 2 aliphatic rings. The lowest BCUT2D eigenvalue weighted by molar-refractivity contribution is -0.143. The molecule has 0 aromatic heterocycles. The Hall–Kier alpha value is -2.09. The lowest BCUT2D eigenvalue weighted by atomic mass is 9.80. The molecule has 2 aliphatic heterocycles. The largest absolute Gasteiger partial charge is 0.360 e. The molecule has 2 fully saturated rings. The predicted octanol–water partition coefficient (Wildman–Crippen LogP) is 0.0658. The van der Waals surface area contributed by atoms with Crippen LogP contribution < -0.4 is 10.6 Å². The average Bonchev–Trinajstić information content (AvgIpc) is 2.94. The third-order valence-corrected chi connectivity index (χ3v) is 3.99. The average molecular weight is 291 g/mol. The van der Waals surface area contributed by atoms with Gasteiger partial charge in [0.1, 0.15) is 6.61 Å². The molecule has 0 radical (unpaired) electrons. The molecule has 2 rings (SSSR count). The molecule has 112 valence electrons. The maximum absolute atomic E-state index is 12.3. The van der Waals surface area contributed by atoms with E-state index < -0.39 is 23.1 Å². The molecular formula is C14H17N3O4. The van der Waals surface area contributed by atoms with Gasteiger partial charge in [-0.3, -0.25) is 10.1 Å². The molecule has 3 amide bonds. The first-order valence-corrected chi connectivity index (χ1v) is 6.67. The molecular weight excluding hydrogens is 274 g/mol. The number of ether oxygens (including phenoxy) is 2. The van der Waals surface area contributed by atoms with E-state index in [4.69, 9.17) is 21.2 Å². The number of carbonyl (C=O) groups is 2. The van der Waals surface area contributed by atoms with Crippen molar-refractivity contribution in [2.24, 2.45) is 0 Å². The summed E-state index contributed by atoms with van der Waals surface area (Å²) in [6.07, 6.45) is 6.19. The monoisotopic (exact) mass is 291 g/mol. The van der Waals surface area contributed by atoms with Crippen molar-refractivity contribution >= 4 is 11.9 Å². The van der Waals surface area contributed by atoms with Gasteiger partial charge in [-0.1, -0.05) is 5.92 Å².